The molecular formula is C13H15BrN2O. The zero-order valence-corrected chi connectivity index (χ0v) is 11.2. The molecule has 1 aromatic heterocycles. The van der Waals surface area contributed by atoms with Crippen molar-refractivity contribution in [3.63, 3.8) is 0 Å². The molecule has 0 amide bonds. The summed E-state index contributed by atoms with van der Waals surface area (Å²) in [7, 11) is 0. The Labute approximate surface area is 108 Å². The number of hydrogen-bond donors (Lipinski definition) is 1. The fourth-order valence-electron chi connectivity index (χ4n) is 1.93. The number of aryl methyl sites for hydroxylation is 1. The molecule has 4 heteroatoms. The van der Waals surface area contributed by atoms with Gasteiger partial charge in [-0.15, -0.1) is 0 Å². The summed E-state index contributed by atoms with van der Waals surface area (Å²) in [6.07, 6.45) is 4.39. The second kappa shape index (κ2) is 5.96. The summed E-state index contributed by atoms with van der Waals surface area (Å²) in [5.74, 6) is 0. The number of nitrogens with one attached hydrogen (secondary N) is 1. The largest absolute Gasteiger partial charge is 0.272 e. The molecule has 2 rings (SSSR count). The van der Waals surface area contributed by atoms with Crippen molar-refractivity contribution in [1.29, 1.82) is 0 Å². The zero-order valence-electron chi connectivity index (χ0n) is 9.58. The van der Waals surface area contributed by atoms with Crippen molar-refractivity contribution >= 4 is 26.7 Å². The van der Waals surface area contributed by atoms with Crippen LogP contribution in [-0.2, 0) is 6.42 Å². The minimum atomic E-state index is -0.107. The average molecular weight is 295 g/mol. The van der Waals surface area contributed by atoms with Crippen molar-refractivity contribution in [3.05, 3.63) is 40.3 Å². The maximum Gasteiger partial charge on any atom is 0.272 e. The summed E-state index contributed by atoms with van der Waals surface area (Å²) in [6, 6.07) is 7.65. The number of unbranched alkanes of at least 4 members (excludes halogenated alkanes) is 2. The van der Waals surface area contributed by atoms with Gasteiger partial charge in [-0.1, -0.05) is 40.5 Å². The number of alkyl halides is 1. The predicted octanol–water partition coefficient (Wildman–Crippen LogP) is 3.03. The number of aromatic nitrogens is 2. The Morgan fingerprint density at radius 3 is 2.65 bits per heavy atom. The fourth-order valence-corrected chi connectivity index (χ4v) is 2.32. The van der Waals surface area contributed by atoms with Crippen LogP contribution in [0.25, 0.3) is 10.8 Å². The Hall–Kier alpha value is -1.16. The van der Waals surface area contributed by atoms with Gasteiger partial charge in [-0.2, -0.15) is 5.10 Å². The highest BCUT2D eigenvalue weighted by Gasteiger charge is 2.04. The highest BCUT2D eigenvalue weighted by Crippen LogP contribution is 2.14. The van der Waals surface area contributed by atoms with Crippen LogP contribution < -0.4 is 5.56 Å². The molecule has 0 radical (unpaired) electrons. The molecule has 0 saturated heterocycles. The number of aromatic amines is 1. The molecular weight excluding hydrogens is 280 g/mol. The molecule has 0 fully saturated rings. The van der Waals surface area contributed by atoms with Crippen molar-refractivity contribution < 1.29 is 0 Å². The molecule has 2 aromatic rings. The molecule has 90 valence electrons. The van der Waals surface area contributed by atoms with Crippen LogP contribution in [0.2, 0.25) is 0 Å². The van der Waals surface area contributed by atoms with Gasteiger partial charge in [-0.25, -0.2) is 5.10 Å². The van der Waals surface area contributed by atoms with Gasteiger partial charge in [0.05, 0.1) is 11.1 Å². The van der Waals surface area contributed by atoms with Gasteiger partial charge in [0.25, 0.3) is 5.56 Å². The highest BCUT2D eigenvalue weighted by atomic mass is 79.9. The predicted molar refractivity (Wildman–Crippen MR) is 73.7 cm³/mol. The number of hydrogen-bond acceptors (Lipinski definition) is 2. The molecule has 0 aliphatic heterocycles. The van der Waals surface area contributed by atoms with Crippen LogP contribution in [0.4, 0.5) is 0 Å². The van der Waals surface area contributed by atoms with E-state index < -0.39 is 0 Å². The second-order valence-electron chi connectivity index (χ2n) is 4.04. The van der Waals surface area contributed by atoms with E-state index in [0.29, 0.717) is 0 Å². The molecule has 17 heavy (non-hydrogen) atoms. The standard InChI is InChI=1S/C13H15BrN2O/c14-9-5-1-2-8-12-10-6-3-4-7-11(10)13(17)16-15-12/h3-4,6-7H,1-2,5,8-9H2,(H,16,17). The Morgan fingerprint density at radius 2 is 1.88 bits per heavy atom. The van der Waals surface area contributed by atoms with Crippen molar-refractivity contribution in [1.82, 2.24) is 10.2 Å². The van der Waals surface area contributed by atoms with Gasteiger partial charge >= 0.3 is 0 Å². The summed E-state index contributed by atoms with van der Waals surface area (Å²) in [5, 5.41) is 9.49. The Kier molecular flexibility index (Phi) is 4.31. The molecule has 1 heterocycles. The average Bonchev–Trinajstić information content (AvgIpc) is 2.37. The number of nitrogens with zero attached hydrogens (tertiary/aromatic N) is 1. The molecule has 0 bridgehead atoms. The first-order chi connectivity index (χ1) is 8.33. The summed E-state index contributed by atoms with van der Waals surface area (Å²) in [6.45, 7) is 0. The van der Waals surface area contributed by atoms with E-state index in [4.69, 9.17) is 0 Å². The van der Waals surface area contributed by atoms with Crippen LogP contribution in [0, 0.1) is 0 Å². The highest BCUT2D eigenvalue weighted by molar-refractivity contribution is 9.09. The number of rotatable bonds is 5. The van der Waals surface area contributed by atoms with Gasteiger partial charge < -0.3 is 0 Å². The van der Waals surface area contributed by atoms with Crippen LogP contribution in [0.1, 0.15) is 25.0 Å². The van der Waals surface area contributed by atoms with E-state index in [1.54, 1.807) is 0 Å². The molecule has 0 saturated carbocycles. The van der Waals surface area contributed by atoms with Gasteiger partial charge in [0.1, 0.15) is 0 Å². The summed E-state index contributed by atoms with van der Waals surface area (Å²) in [5.41, 5.74) is 0.889. The topological polar surface area (TPSA) is 45.8 Å². The third-order valence-electron chi connectivity index (χ3n) is 2.82. The number of halogens is 1. The maximum absolute atomic E-state index is 11.6. The van der Waals surface area contributed by atoms with Crippen LogP contribution in [-0.4, -0.2) is 15.5 Å². The molecule has 0 unspecified atom stereocenters. The summed E-state index contributed by atoms with van der Waals surface area (Å²) < 4.78 is 0. The van der Waals surface area contributed by atoms with E-state index in [2.05, 4.69) is 26.1 Å². The Balaban J connectivity index is 2.23. The van der Waals surface area contributed by atoms with Crippen LogP contribution in [0.5, 0.6) is 0 Å². The second-order valence-corrected chi connectivity index (χ2v) is 4.84. The fraction of sp³-hybridized carbons (Fsp3) is 0.385. The first kappa shape index (κ1) is 12.3. The minimum absolute atomic E-state index is 0.107. The normalized spacial score (nSPS) is 10.9. The van der Waals surface area contributed by atoms with Gasteiger partial charge in [-0.05, 0) is 25.3 Å². The monoisotopic (exact) mass is 294 g/mol. The van der Waals surface area contributed by atoms with Crippen molar-refractivity contribution in [3.8, 4) is 0 Å². The number of benzene rings is 1. The minimum Gasteiger partial charge on any atom is -0.267 e. The van der Waals surface area contributed by atoms with Crippen molar-refractivity contribution in [2.45, 2.75) is 25.7 Å². The SMILES string of the molecule is O=c1[nH]nc(CCCCCBr)c2ccccc12. The lowest BCUT2D eigenvalue weighted by Gasteiger charge is -2.04. The molecule has 0 spiro atoms. The van der Waals surface area contributed by atoms with Gasteiger partial charge in [-0.3, -0.25) is 4.79 Å². The molecule has 3 nitrogen and oxygen atoms in total. The van der Waals surface area contributed by atoms with E-state index in [0.717, 1.165) is 34.6 Å². The summed E-state index contributed by atoms with van der Waals surface area (Å²) >= 11 is 3.42. The third-order valence-corrected chi connectivity index (χ3v) is 3.38. The molecule has 1 N–H and O–H groups in total. The number of H-pyrrole nitrogens is 1. The lowest BCUT2D eigenvalue weighted by molar-refractivity contribution is 0.708. The van der Waals surface area contributed by atoms with Crippen molar-refractivity contribution in [2.24, 2.45) is 0 Å². The maximum atomic E-state index is 11.6. The zero-order chi connectivity index (χ0) is 12.1. The van der Waals surface area contributed by atoms with E-state index >= 15 is 0 Å². The van der Waals surface area contributed by atoms with E-state index in [9.17, 15) is 4.79 Å². The van der Waals surface area contributed by atoms with E-state index in [1.807, 2.05) is 24.3 Å². The molecule has 0 aliphatic carbocycles. The smallest absolute Gasteiger partial charge is 0.267 e. The number of fused-ring (bicyclic) bond motifs is 1. The van der Waals surface area contributed by atoms with Crippen LogP contribution in [0.3, 0.4) is 0 Å². The van der Waals surface area contributed by atoms with Gasteiger partial charge in [0.15, 0.2) is 0 Å². The molecule has 1 aromatic carbocycles. The lowest BCUT2D eigenvalue weighted by atomic mass is 10.1. The van der Waals surface area contributed by atoms with Crippen LogP contribution >= 0.6 is 15.9 Å². The van der Waals surface area contributed by atoms with Crippen LogP contribution in [0.15, 0.2) is 29.1 Å². The Morgan fingerprint density at radius 1 is 1.12 bits per heavy atom. The molecule has 0 aliphatic rings. The van der Waals surface area contributed by atoms with Gasteiger partial charge in [0.2, 0.25) is 0 Å². The first-order valence-corrected chi connectivity index (χ1v) is 6.97. The van der Waals surface area contributed by atoms with Crippen molar-refractivity contribution in [2.75, 3.05) is 5.33 Å². The third kappa shape index (κ3) is 2.94. The van der Waals surface area contributed by atoms with E-state index in [-0.39, 0.29) is 5.56 Å². The van der Waals surface area contributed by atoms with Gasteiger partial charge in [0, 0.05) is 10.7 Å². The molecule has 0 atom stereocenters. The Bertz CT molecular complexity index is 550. The lowest BCUT2D eigenvalue weighted by Crippen LogP contribution is -2.10. The first-order valence-electron chi connectivity index (χ1n) is 5.85. The van der Waals surface area contributed by atoms with E-state index in [1.165, 1.54) is 12.8 Å². The summed E-state index contributed by atoms with van der Waals surface area (Å²) in [4.78, 5) is 11.6. The quantitative estimate of drug-likeness (QED) is 0.680.